The zero-order chi connectivity index (χ0) is 15.6. The SMILES string of the molecule is O=C(C[C@@H]1C=CCC1)N1CCC[C@H]1c1nnc2n1CCCCC2. The van der Waals surface area contributed by atoms with Gasteiger partial charge in [0, 0.05) is 25.9 Å². The molecule has 0 aromatic carbocycles. The third-order valence-corrected chi connectivity index (χ3v) is 5.56. The number of rotatable bonds is 3. The van der Waals surface area contributed by atoms with E-state index in [0.29, 0.717) is 18.2 Å². The zero-order valence-corrected chi connectivity index (χ0v) is 13.8. The first-order chi connectivity index (χ1) is 11.3. The van der Waals surface area contributed by atoms with E-state index >= 15 is 0 Å². The molecule has 0 bridgehead atoms. The van der Waals surface area contributed by atoms with Crippen LogP contribution in [0, 0.1) is 5.92 Å². The average molecular weight is 314 g/mol. The molecular formula is C18H26N4O. The van der Waals surface area contributed by atoms with Gasteiger partial charge in [-0.05, 0) is 44.4 Å². The molecule has 1 aromatic rings. The fraction of sp³-hybridized carbons (Fsp3) is 0.722. The Morgan fingerprint density at radius 3 is 2.96 bits per heavy atom. The summed E-state index contributed by atoms with van der Waals surface area (Å²) in [6.45, 7) is 1.89. The van der Waals surface area contributed by atoms with Crippen molar-refractivity contribution < 1.29 is 4.79 Å². The Balaban J connectivity index is 1.52. The highest BCUT2D eigenvalue weighted by Gasteiger charge is 2.34. The summed E-state index contributed by atoms with van der Waals surface area (Å²) in [5.74, 6) is 2.90. The fourth-order valence-electron chi connectivity index (χ4n) is 4.29. The topological polar surface area (TPSA) is 51.0 Å². The minimum atomic E-state index is 0.146. The second-order valence-corrected chi connectivity index (χ2v) is 7.15. The molecule has 2 atom stereocenters. The smallest absolute Gasteiger partial charge is 0.223 e. The van der Waals surface area contributed by atoms with Crippen LogP contribution in [-0.2, 0) is 17.8 Å². The van der Waals surface area contributed by atoms with Gasteiger partial charge < -0.3 is 9.47 Å². The molecule has 5 heteroatoms. The lowest BCUT2D eigenvalue weighted by Crippen LogP contribution is -2.33. The molecule has 0 unspecified atom stereocenters. The normalized spacial score (nSPS) is 27.2. The van der Waals surface area contributed by atoms with Crippen molar-refractivity contribution >= 4 is 5.91 Å². The third kappa shape index (κ3) is 2.93. The Bertz CT molecular complexity index is 606. The van der Waals surface area contributed by atoms with Crippen LogP contribution < -0.4 is 0 Å². The maximum Gasteiger partial charge on any atom is 0.223 e. The summed E-state index contributed by atoms with van der Waals surface area (Å²) in [4.78, 5) is 14.9. The first kappa shape index (κ1) is 14.9. The van der Waals surface area contributed by atoms with E-state index < -0.39 is 0 Å². The maximum atomic E-state index is 12.8. The summed E-state index contributed by atoms with van der Waals surface area (Å²) in [5, 5.41) is 8.91. The number of nitrogens with zero attached hydrogens (tertiary/aromatic N) is 4. The van der Waals surface area contributed by atoms with Gasteiger partial charge in [-0.15, -0.1) is 10.2 Å². The lowest BCUT2D eigenvalue weighted by molar-refractivity contribution is -0.133. The number of hydrogen-bond donors (Lipinski definition) is 0. The molecule has 1 saturated heterocycles. The van der Waals surface area contributed by atoms with Gasteiger partial charge in [0.05, 0.1) is 6.04 Å². The van der Waals surface area contributed by atoms with Crippen molar-refractivity contribution in [3.63, 3.8) is 0 Å². The van der Waals surface area contributed by atoms with Crippen LogP contribution in [0.2, 0.25) is 0 Å². The van der Waals surface area contributed by atoms with Crippen molar-refractivity contribution in [2.75, 3.05) is 6.54 Å². The van der Waals surface area contributed by atoms with Crippen LogP contribution in [-0.4, -0.2) is 32.1 Å². The zero-order valence-electron chi connectivity index (χ0n) is 13.8. The van der Waals surface area contributed by atoms with E-state index in [0.717, 1.165) is 56.8 Å². The summed E-state index contributed by atoms with van der Waals surface area (Å²) in [7, 11) is 0. The molecule has 1 fully saturated rings. The van der Waals surface area contributed by atoms with E-state index in [1.165, 1.54) is 19.3 Å². The summed E-state index contributed by atoms with van der Waals surface area (Å²) in [5.41, 5.74) is 0. The molecule has 23 heavy (non-hydrogen) atoms. The van der Waals surface area contributed by atoms with Crippen LogP contribution in [0.15, 0.2) is 12.2 Å². The first-order valence-electron chi connectivity index (χ1n) is 9.21. The summed E-state index contributed by atoms with van der Waals surface area (Å²) in [6.07, 6.45) is 14.2. The number of carbonyl (C=O) groups is 1. The van der Waals surface area contributed by atoms with Gasteiger partial charge in [-0.3, -0.25) is 4.79 Å². The lowest BCUT2D eigenvalue weighted by atomic mass is 10.0. The quantitative estimate of drug-likeness (QED) is 0.806. The van der Waals surface area contributed by atoms with Crippen molar-refractivity contribution in [3.8, 4) is 0 Å². The number of aryl methyl sites for hydroxylation is 1. The number of amides is 1. The highest BCUT2D eigenvalue weighted by molar-refractivity contribution is 5.77. The van der Waals surface area contributed by atoms with E-state index in [9.17, 15) is 4.79 Å². The number of aromatic nitrogens is 3. The monoisotopic (exact) mass is 314 g/mol. The molecule has 1 amide bonds. The second kappa shape index (κ2) is 6.46. The van der Waals surface area contributed by atoms with Crippen molar-refractivity contribution in [1.29, 1.82) is 0 Å². The van der Waals surface area contributed by atoms with Crippen LogP contribution >= 0.6 is 0 Å². The van der Waals surface area contributed by atoms with E-state index in [1.807, 2.05) is 0 Å². The van der Waals surface area contributed by atoms with Gasteiger partial charge in [-0.2, -0.15) is 0 Å². The predicted octanol–water partition coefficient (Wildman–Crippen LogP) is 3.02. The summed E-state index contributed by atoms with van der Waals surface area (Å²) < 4.78 is 2.30. The van der Waals surface area contributed by atoms with Crippen LogP contribution in [0.5, 0.6) is 0 Å². The molecule has 0 spiro atoms. The van der Waals surface area contributed by atoms with Crippen LogP contribution in [0.4, 0.5) is 0 Å². The van der Waals surface area contributed by atoms with Gasteiger partial charge >= 0.3 is 0 Å². The minimum absolute atomic E-state index is 0.146. The van der Waals surface area contributed by atoms with Crippen LogP contribution in [0.25, 0.3) is 0 Å². The second-order valence-electron chi connectivity index (χ2n) is 7.15. The van der Waals surface area contributed by atoms with Crippen molar-refractivity contribution in [1.82, 2.24) is 19.7 Å². The third-order valence-electron chi connectivity index (χ3n) is 5.56. The highest BCUT2D eigenvalue weighted by Crippen LogP contribution is 2.34. The summed E-state index contributed by atoms with van der Waals surface area (Å²) >= 11 is 0. The number of allylic oxidation sites excluding steroid dienone is 2. The summed E-state index contributed by atoms with van der Waals surface area (Å²) in [6, 6.07) is 0.146. The number of hydrogen-bond acceptors (Lipinski definition) is 3. The Morgan fingerprint density at radius 1 is 1.13 bits per heavy atom. The molecule has 0 radical (unpaired) electrons. The Hall–Kier alpha value is -1.65. The molecule has 4 rings (SSSR count). The molecule has 3 heterocycles. The van der Waals surface area contributed by atoms with Gasteiger partial charge in [-0.25, -0.2) is 0 Å². The molecule has 1 aliphatic carbocycles. The maximum absolute atomic E-state index is 12.8. The molecule has 2 aliphatic heterocycles. The van der Waals surface area contributed by atoms with Crippen LogP contribution in [0.1, 0.15) is 69.1 Å². The molecule has 0 saturated carbocycles. The minimum Gasteiger partial charge on any atom is -0.332 e. The van der Waals surface area contributed by atoms with Gasteiger partial charge in [0.15, 0.2) is 5.82 Å². The largest absolute Gasteiger partial charge is 0.332 e. The van der Waals surface area contributed by atoms with Gasteiger partial charge in [0.1, 0.15) is 5.82 Å². The molecule has 124 valence electrons. The van der Waals surface area contributed by atoms with Crippen molar-refractivity contribution in [3.05, 3.63) is 23.8 Å². The number of fused-ring (bicyclic) bond motifs is 1. The van der Waals surface area contributed by atoms with Crippen molar-refractivity contribution in [2.24, 2.45) is 5.92 Å². The lowest BCUT2D eigenvalue weighted by Gasteiger charge is -2.25. The highest BCUT2D eigenvalue weighted by atomic mass is 16.2. The van der Waals surface area contributed by atoms with Gasteiger partial charge in [0.25, 0.3) is 0 Å². The molecule has 3 aliphatic rings. The molecule has 5 nitrogen and oxygen atoms in total. The average Bonchev–Trinajstić information content (AvgIpc) is 3.26. The Kier molecular flexibility index (Phi) is 4.19. The molecule has 1 aromatic heterocycles. The Morgan fingerprint density at radius 2 is 2.09 bits per heavy atom. The number of likely N-dealkylation sites (tertiary alicyclic amines) is 1. The van der Waals surface area contributed by atoms with E-state index in [2.05, 4.69) is 31.8 Å². The van der Waals surface area contributed by atoms with Crippen LogP contribution in [0.3, 0.4) is 0 Å². The van der Waals surface area contributed by atoms with E-state index in [-0.39, 0.29) is 6.04 Å². The molecule has 0 N–H and O–H groups in total. The molecular weight excluding hydrogens is 288 g/mol. The fourth-order valence-corrected chi connectivity index (χ4v) is 4.29. The number of carbonyl (C=O) groups excluding carboxylic acids is 1. The van der Waals surface area contributed by atoms with E-state index in [1.54, 1.807) is 0 Å². The first-order valence-corrected chi connectivity index (χ1v) is 9.21. The van der Waals surface area contributed by atoms with Crippen molar-refractivity contribution in [2.45, 2.75) is 70.4 Å². The Labute approximate surface area is 137 Å². The predicted molar refractivity (Wildman–Crippen MR) is 87.7 cm³/mol. The standard InChI is InChI=1S/C18H26N4O/c23-17(13-14-7-3-4-8-14)21-12-6-9-15(21)18-20-19-16-10-2-1-5-11-22(16)18/h3,7,14-15H,1-2,4-6,8-13H2/t14-,15+/m1/s1. The van der Waals surface area contributed by atoms with Gasteiger partial charge in [0.2, 0.25) is 5.91 Å². The van der Waals surface area contributed by atoms with E-state index in [4.69, 9.17) is 0 Å². The van der Waals surface area contributed by atoms with Gasteiger partial charge in [-0.1, -0.05) is 18.6 Å².